The monoisotopic (exact) mass is 254 g/mol. The SMILES string of the molecule is CC(C)C(C)OCc1sccc1C=CC(=O)O. The molecule has 0 aliphatic rings. The van der Waals surface area contributed by atoms with E-state index in [4.69, 9.17) is 9.84 Å². The van der Waals surface area contributed by atoms with Crippen LogP contribution in [0, 0.1) is 5.92 Å². The first-order valence-corrected chi connectivity index (χ1v) is 6.47. The predicted octanol–water partition coefficient (Wildman–Crippen LogP) is 3.41. The highest BCUT2D eigenvalue weighted by Crippen LogP contribution is 2.21. The van der Waals surface area contributed by atoms with Gasteiger partial charge in [-0.15, -0.1) is 11.3 Å². The molecule has 94 valence electrons. The standard InChI is InChI=1S/C13H18O3S/c1-9(2)10(3)16-8-12-11(6-7-17-12)4-5-13(14)15/h4-7,9-10H,8H2,1-3H3,(H,14,15). The Balaban J connectivity index is 2.60. The van der Waals surface area contributed by atoms with E-state index in [1.54, 1.807) is 17.4 Å². The van der Waals surface area contributed by atoms with Gasteiger partial charge in [-0.1, -0.05) is 13.8 Å². The average molecular weight is 254 g/mol. The number of thiophene rings is 1. The van der Waals surface area contributed by atoms with Gasteiger partial charge in [0.25, 0.3) is 0 Å². The second-order valence-electron chi connectivity index (χ2n) is 4.23. The van der Waals surface area contributed by atoms with E-state index in [-0.39, 0.29) is 6.10 Å². The molecular formula is C13H18O3S. The number of carbonyl (C=O) groups is 1. The molecule has 0 fully saturated rings. The van der Waals surface area contributed by atoms with Gasteiger partial charge in [0.05, 0.1) is 12.7 Å². The van der Waals surface area contributed by atoms with E-state index in [2.05, 4.69) is 13.8 Å². The first kappa shape index (κ1) is 13.9. The third kappa shape index (κ3) is 4.71. The van der Waals surface area contributed by atoms with E-state index in [0.717, 1.165) is 16.5 Å². The lowest BCUT2D eigenvalue weighted by atomic mass is 10.1. The molecule has 0 amide bonds. The van der Waals surface area contributed by atoms with Crippen molar-refractivity contribution in [3.63, 3.8) is 0 Å². The van der Waals surface area contributed by atoms with Gasteiger partial charge < -0.3 is 9.84 Å². The average Bonchev–Trinajstić information content (AvgIpc) is 2.70. The van der Waals surface area contributed by atoms with Crippen LogP contribution < -0.4 is 0 Å². The minimum atomic E-state index is -0.932. The zero-order valence-corrected chi connectivity index (χ0v) is 11.2. The van der Waals surface area contributed by atoms with Gasteiger partial charge in [-0.3, -0.25) is 0 Å². The molecular weight excluding hydrogens is 236 g/mol. The fraction of sp³-hybridized carbons (Fsp3) is 0.462. The molecule has 17 heavy (non-hydrogen) atoms. The Labute approximate surface area is 106 Å². The van der Waals surface area contributed by atoms with Gasteiger partial charge >= 0.3 is 5.97 Å². The van der Waals surface area contributed by atoms with Crippen LogP contribution in [0.2, 0.25) is 0 Å². The Bertz CT molecular complexity index is 393. The maximum absolute atomic E-state index is 10.4. The Kier molecular flexibility index (Phi) is 5.38. The second-order valence-corrected chi connectivity index (χ2v) is 5.23. The maximum atomic E-state index is 10.4. The van der Waals surface area contributed by atoms with Crippen molar-refractivity contribution in [2.45, 2.75) is 33.5 Å². The topological polar surface area (TPSA) is 46.5 Å². The Morgan fingerprint density at radius 3 is 2.82 bits per heavy atom. The summed E-state index contributed by atoms with van der Waals surface area (Å²) in [6.45, 7) is 6.82. The molecule has 0 saturated heterocycles. The number of aliphatic carboxylic acids is 1. The number of hydrogen-bond donors (Lipinski definition) is 1. The van der Waals surface area contributed by atoms with Crippen LogP contribution >= 0.6 is 11.3 Å². The smallest absolute Gasteiger partial charge is 0.328 e. The van der Waals surface area contributed by atoms with Gasteiger partial charge in [-0.25, -0.2) is 4.79 Å². The molecule has 1 heterocycles. The van der Waals surface area contributed by atoms with Crippen molar-refractivity contribution in [3.8, 4) is 0 Å². The van der Waals surface area contributed by atoms with Crippen LogP contribution in [0.1, 0.15) is 31.2 Å². The molecule has 1 unspecified atom stereocenters. The van der Waals surface area contributed by atoms with Gasteiger partial charge in [0.1, 0.15) is 0 Å². The van der Waals surface area contributed by atoms with Gasteiger partial charge in [0.15, 0.2) is 0 Å². The third-order valence-electron chi connectivity index (χ3n) is 2.60. The lowest BCUT2D eigenvalue weighted by Crippen LogP contribution is -2.14. The number of hydrogen-bond acceptors (Lipinski definition) is 3. The highest BCUT2D eigenvalue weighted by atomic mass is 32.1. The van der Waals surface area contributed by atoms with Gasteiger partial charge in [0.2, 0.25) is 0 Å². The van der Waals surface area contributed by atoms with E-state index in [1.807, 2.05) is 18.4 Å². The van der Waals surface area contributed by atoms with Crippen LogP contribution in [0.15, 0.2) is 17.5 Å². The van der Waals surface area contributed by atoms with Crippen molar-refractivity contribution in [1.29, 1.82) is 0 Å². The van der Waals surface area contributed by atoms with Gasteiger partial charge in [0, 0.05) is 11.0 Å². The van der Waals surface area contributed by atoms with E-state index in [1.165, 1.54) is 0 Å². The molecule has 3 nitrogen and oxygen atoms in total. The lowest BCUT2D eigenvalue weighted by Gasteiger charge is -2.16. The minimum absolute atomic E-state index is 0.202. The molecule has 0 saturated carbocycles. The normalized spacial score (nSPS) is 13.4. The molecule has 4 heteroatoms. The Morgan fingerprint density at radius 1 is 1.53 bits per heavy atom. The molecule has 0 aromatic carbocycles. The third-order valence-corrected chi connectivity index (χ3v) is 3.51. The number of carboxylic acids is 1. The van der Waals surface area contributed by atoms with Crippen LogP contribution in [-0.2, 0) is 16.1 Å². The van der Waals surface area contributed by atoms with Crippen molar-refractivity contribution in [1.82, 2.24) is 0 Å². The quantitative estimate of drug-likeness (QED) is 0.791. The van der Waals surface area contributed by atoms with E-state index in [9.17, 15) is 4.79 Å². The number of carboxylic acid groups (broad SMARTS) is 1. The highest BCUT2D eigenvalue weighted by molar-refractivity contribution is 7.10. The molecule has 0 aliphatic carbocycles. The first-order valence-electron chi connectivity index (χ1n) is 5.59. The second kappa shape index (κ2) is 6.57. The van der Waals surface area contributed by atoms with Crippen molar-refractivity contribution in [3.05, 3.63) is 28.0 Å². The van der Waals surface area contributed by atoms with Gasteiger partial charge in [-0.2, -0.15) is 0 Å². The molecule has 0 bridgehead atoms. The summed E-state index contributed by atoms with van der Waals surface area (Å²) in [6.07, 6.45) is 2.96. The van der Waals surface area contributed by atoms with Gasteiger partial charge in [-0.05, 0) is 35.9 Å². The zero-order chi connectivity index (χ0) is 12.8. The van der Waals surface area contributed by atoms with Crippen LogP contribution in [0.5, 0.6) is 0 Å². The summed E-state index contributed by atoms with van der Waals surface area (Å²) in [6, 6.07) is 1.91. The van der Waals surface area contributed by atoms with E-state index < -0.39 is 5.97 Å². The number of ether oxygens (including phenoxy) is 1. The van der Waals surface area contributed by atoms with Crippen molar-refractivity contribution < 1.29 is 14.6 Å². The summed E-state index contributed by atoms with van der Waals surface area (Å²) in [5.41, 5.74) is 0.924. The summed E-state index contributed by atoms with van der Waals surface area (Å²) in [7, 11) is 0. The van der Waals surface area contributed by atoms with E-state index >= 15 is 0 Å². The minimum Gasteiger partial charge on any atom is -0.478 e. The van der Waals surface area contributed by atoms with Crippen molar-refractivity contribution >= 4 is 23.4 Å². The van der Waals surface area contributed by atoms with Crippen LogP contribution in [-0.4, -0.2) is 17.2 Å². The molecule has 1 aromatic rings. The molecule has 1 N–H and O–H groups in total. The summed E-state index contributed by atoms with van der Waals surface area (Å²) in [5.74, 6) is -0.452. The number of rotatable bonds is 6. The van der Waals surface area contributed by atoms with Crippen LogP contribution in [0.4, 0.5) is 0 Å². The fourth-order valence-electron chi connectivity index (χ4n) is 1.18. The maximum Gasteiger partial charge on any atom is 0.328 e. The fourth-order valence-corrected chi connectivity index (χ4v) is 1.96. The Hall–Kier alpha value is -1.13. The summed E-state index contributed by atoms with van der Waals surface area (Å²) in [4.78, 5) is 11.5. The molecule has 1 rings (SSSR count). The van der Waals surface area contributed by atoms with E-state index in [0.29, 0.717) is 12.5 Å². The first-order chi connectivity index (χ1) is 8.00. The summed E-state index contributed by atoms with van der Waals surface area (Å²) in [5, 5.41) is 10.5. The molecule has 0 spiro atoms. The van der Waals surface area contributed by atoms with Crippen molar-refractivity contribution in [2.24, 2.45) is 5.92 Å². The molecule has 1 aromatic heterocycles. The Morgan fingerprint density at radius 2 is 2.24 bits per heavy atom. The molecule has 0 aliphatic heterocycles. The highest BCUT2D eigenvalue weighted by Gasteiger charge is 2.09. The van der Waals surface area contributed by atoms with Crippen LogP contribution in [0.25, 0.3) is 6.08 Å². The van der Waals surface area contributed by atoms with Crippen LogP contribution in [0.3, 0.4) is 0 Å². The van der Waals surface area contributed by atoms with Crippen molar-refractivity contribution in [2.75, 3.05) is 0 Å². The summed E-state index contributed by atoms with van der Waals surface area (Å²) < 4.78 is 5.72. The largest absolute Gasteiger partial charge is 0.478 e. The summed E-state index contributed by atoms with van der Waals surface area (Å²) >= 11 is 1.59. The molecule has 1 atom stereocenters. The lowest BCUT2D eigenvalue weighted by molar-refractivity contribution is -0.131. The zero-order valence-electron chi connectivity index (χ0n) is 10.3. The predicted molar refractivity (Wildman–Crippen MR) is 70.1 cm³/mol. The molecule has 0 radical (unpaired) electrons.